The second-order valence-corrected chi connectivity index (χ2v) is 4.82. The first kappa shape index (κ1) is 16.1. The zero-order valence-electron chi connectivity index (χ0n) is 12.4. The molecule has 1 aromatic carbocycles. The Kier molecular flexibility index (Phi) is 5.61. The lowest BCUT2D eigenvalue weighted by atomic mass is 10.2. The van der Waals surface area contributed by atoms with Gasteiger partial charge in [-0.2, -0.15) is 0 Å². The fourth-order valence-corrected chi connectivity index (χ4v) is 1.79. The molecule has 0 bridgehead atoms. The second-order valence-electron chi connectivity index (χ2n) is 4.82. The zero-order chi connectivity index (χ0) is 15.3. The number of anilines is 2. The lowest BCUT2D eigenvalue weighted by Crippen LogP contribution is -2.35. The van der Waals surface area contributed by atoms with E-state index >= 15 is 0 Å². The number of nitrogen functional groups attached to an aromatic ring is 1. The summed E-state index contributed by atoms with van der Waals surface area (Å²) in [6.45, 7) is 6.18. The van der Waals surface area contributed by atoms with Gasteiger partial charge in [-0.3, -0.25) is 4.79 Å². The number of ether oxygens (including phenoxy) is 1. The second kappa shape index (κ2) is 6.98. The Labute approximate surface area is 118 Å². The van der Waals surface area contributed by atoms with Gasteiger partial charge in [-0.1, -0.05) is 0 Å². The third-order valence-electron chi connectivity index (χ3n) is 2.61. The molecule has 0 aliphatic heterocycles. The molecule has 0 unspecified atom stereocenters. The minimum Gasteiger partial charge on any atom is -0.488 e. The van der Waals surface area contributed by atoms with E-state index in [0.717, 1.165) is 0 Å². The number of carbonyl (C=O) groups is 1. The molecule has 0 aliphatic carbocycles. The topological polar surface area (TPSA) is 67.6 Å². The van der Waals surface area contributed by atoms with Crippen molar-refractivity contribution in [1.29, 1.82) is 0 Å². The fourth-order valence-electron chi connectivity index (χ4n) is 1.79. The lowest BCUT2D eigenvalue weighted by molar-refractivity contribution is -0.119. The summed E-state index contributed by atoms with van der Waals surface area (Å²) in [7, 11) is 1.72. The number of benzene rings is 1. The zero-order valence-corrected chi connectivity index (χ0v) is 12.4. The molecule has 0 aromatic heterocycles. The molecule has 1 rings (SSSR count). The quantitative estimate of drug-likeness (QED) is 0.781. The molecule has 1 aromatic rings. The highest BCUT2D eigenvalue weighted by atomic mass is 19.1. The first-order chi connectivity index (χ1) is 9.35. The summed E-state index contributed by atoms with van der Waals surface area (Å²) in [4.78, 5) is 13.2. The lowest BCUT2D eigenvalue weighted by Gasteiger charge is -2.22. The third kappa shape index (κ3) is 4.29. The molecule has 0 fully saturated rings. The SMILES string of the molecule is CCNC(=O)CN(C)c1cc(OC(C)C)c(F)cc1N. The Morgan fingerprint density at radius 2 is 2.15 bits per heavy atom. The van der Waals surface area contributed by atoms with Gasteiger partial charge in [-0.15, -0.1) is 0 Å². The molecule has 3 N–H and O–H groups in total. The van der Waals surface area contributed by atoms with Crippen LogP contribution in [0.1, 0.15) is 20.8 Å². The number of nitrogens with zero attached hydrogens (tertiary/aromatic N) is 1. The Hall–Kier alpha value is -1.98. The predicted octanol–water partition coefficient (Wildman–Crippen LogP) is 1.77. The van der Waals surface area contributed by atoms with Gasteiger partial charge in [-0.05, 0) is 20.8 Å². The van der Waals surface area contributed by atoms with Crippen molar-refractivity contribution >= 4 is 17.3 Å². The third-order valence-corrected chi connectivity index (χ3v) is 2.61. The molecule has 0 aliphatic rings. The van der Waals surface area contributed by atoms with Crippen LogP contribution in [0.3, 0.4) is 0 Å². The van der Waals surface area contributed by atoms with Crippen LogP contribution in [0.4, 0.5) is 15.8 Å². The Balaban J connectivity index is 2.95. The van der Waals surface area contributed by atoms with Crippen molar-refractivity contribution in [3.8, 4) is 5.75 Å². The Morgan fingerprint density at radius 1 is 1.50 bits per heavy atom. The summed E-state index contributed by atoms with van der Waals surface area (Å²) >= 11 is 0. The van der Waals surface area contributed by atoms with E-state index in [9.17, 15) is 9.18 Å². The van der Waals surface area contributed by atoms with Gasteiger partial charge in [0.2, 0.25) is 5.91 Å². The van der Waals surface area contributed by atoms with E-state index < -0.39 is 5.82 Å². The van der Waals surface area contributed by atoms with E-state index in [0.29, 0.717) is 12.2 Å². The van der Waals surface area contributed by atoms with Crippen LogP contribution >= 0.6 is 0 Å². The van der Waals surface area contributed by atoms with Crippen LogP contribution in [-0.2, 0) is 4.79 Å². The predicted molar refractivity (Wildman–Crippen MR) is 78.5 cm³/mol. The monoisotopic (exact) mass is 283 g/mol. The molecule has 0 heterocycles. The van der Waals surface area contributed by atoms with Gasteiger partial charge < -0.3 is 20.7 Å². The van der Waals surface area contributed by atoms with Crippen LogP contribution in [0.2, 0.25) is 0 Å². The van der Waals surface area contributed by atoms with Crippen LogP contribution in [-0.4, -0.2) is 32.1 Å². The first-order valence-corrected chi connectivity index (χ1v) is 6.58. The highest BCUT2D eigenvalue weighted by Crippen LogP contribution is 2.30. The largest absolute Gasteiger partial charge is 0.488 e. The van der Waals surface area contributed by atoms with Gasteiger partial charge in [0.15, 0.2) is 11.6 Å². The van der Waals surface area contributed by atoms with Crippen molar-refractivity contribution in [2.45, 2.75) is 26.9 Å². The number of nitrogens with one attached hydrogen (secondary N) is 1. The maximum absolute atomic E-state index is 13.7. The fraction of sp³-hybridized carbons (Fsp3) is 0.500. The minimum atomic E-state index is -0.508. The summed E-state index contributed by atoms with van der Waals surface area (Å²) in [5.41, 5.74) is 6.63. The van der Waals surface area contributed by atoms with E-state index in [1.807, 2.05) is 20.8 Å². The van der Waals surface area contributed by atoms with Crippen molar-refractivity contribution in [2.75, 3.05) is 30.8 Å². The van der Waals surface area contributed by atoms with Crippen LogP contribution in [0, 0.1) is 5.82 Å². The summed E-state index contributed by atoms with van der Waals surface area (Å²) in [6, 6.07) is 2.73. The number of rotatable bonds is 6. The summed E-state index contributed by atoms with van der Waals surface area (Å²) < 4.78 is 19.1. The average Bonchev–Trinajstić information content (AvgIpc) is 2.32. The van der Waals surface area contributed by atoms with Crippen molar-refractivity contribution in [1.82, 2.24) is 5.32 Å². The summed E-state index contributed by atoms with van der Waals surface area (Å²) in [5.74, 6) is -0.497. The highest BCUT2D eigenvalue weighted by Gasteiger charge is 2.15. The first-order valence-electron chi connectivity index (χ1n) is 6.58. The average molecular weight is 283 g/mol. The molecule has 6 heteroatoms. The van der Waals surface area contributed by atoms with Crippen molar-refractivity contribution in [2.24, 2.45) is 0 Å². The maximum atomic E-state index is 13.7. The molecule has 0 spiro atoms. The molecule has 20 heavy (non-hydrogen) atoms. The summed E-state index contributed by atoms with van der Waals surface area (Å²) in [6.07, 6.45) is -0.144. The molecule has 112 valence electrons. The van der Waals surface area contributed by atoms with Crippen LogP contribution < -0.4 is 20.7 Å². The molecular formula is C14H22FN3O2. The number of amides is 1. The van der Waals surface area contributed by atoms with Crippen LogP contribution in [0.5, 0.6) is 5.75 Å². The standard InChI is InChI=1S/C14H22FN3O2/c1-5-17-14(19)8-18(4)12-7-13(20-9(2)3)10(15)6-11(12)16/h6-7,9H,5,8,16H2,1-4H3,(H,17,19). The Morgan fingerprint density at radius 3 is 2.70 bits per heavy atom. The Bertz CT molecular complexity index is 478. The molecule has 5 nitrogen and oxygen atoms in total. The van der Waals surface area contributed by atoms with E-state index in [1.165, 1.54) is 12.1 Å². The molecule has 0 saturated carbocycles. The normalized spacial score (nSPS) is 10.5. The molecule has 0 saturated heterocycles. The van der Waals surface area contributed by atoms with Gasteiger partial charge in [0.25, 0.3) is 0 Å². The van der Waals surface area contributed by atoms with Crippen molar-refractivity contribution in [3.63, 3.8) is 0 Å². The van der Waals surface area contributed by atoms with Gasteiger partial charge in [0.1, 0.15) is 0 Å². The number of nitrogens with two attached hydrogens (primary N) is 1. The number of halogens is 1. The van der Waals surface area contributed by atoms with Crippen LogP contribution in [0.15, 0.2) is 12.1 Å². The van der Waals surface area contributed by atoms with Gasteiger partial charge in [0, 0.05) is 25.7 Å². The van der Waals surface area contributed by atoms with Crippen molar-refractivity contribution < 1.29 is 13.9 Å². The van der Waals surface area contributed by atoms with Gasteiger partial charge >= 0.3 is 0 Å². The molecule has 0 atom stereocenters. The van der Waals surface area contributed by atoms with Crippen molar-refractivity contribution in [3.05, 3.63) is 17.9 Å². The van der Waals surface area contributed by atoms with E-state index in [-0.39, 0.29) is 30.0 Å². The summed E-state index contributed by atoms with van der Waals surface area (Å²) in [5, 5.41) is 2.70. The molecule has 1 amide bonds. The van der Waals surface area contributed by atoms with E-state index in [1.54, 1.807) is 11.9 Å². The van der Waals surface area contributed by atoms with E-state index in [4.69, 9.17) is 10.5 Å². The minimum absolute atomic E-state index is 0.120. The van der Waals surface area contributed by atoms with Crippen LogP contribution in [0.25, 0.3) is 0 Å². The molecule has 0 radical (unpaired) electrons. The number of likely N-dealkylation sites (N-methyl/N-ethyl adjacent to an activating group) is 2. The highest BCUT2D eigenvalue weighted by molar-refractivity contribution is 5.83. The number of hydrogen-bond acceptors (Lipinski definition) is 4. The van der Waals surface area contributed by atoms with Gasteiger partial charge in [0.05, 0.1) is 24.0 Å². The van der Waals surface area contributed by atoms with E-state index in [2.05, 4.69) is 5.32 Å². The maximum Gasteiger partial charge on any atom is 0.239 e. The molecular weight excluding hydrogens is 261 g/mol. The van der Waals surface area contributed by atoms with Gasteiger partial charge in [-0.25, -0.2) is 4.39 Å². The number of hydrogen-bond donors (Lipinski definition) is 2. The smallest absolute Gasteiger partial charge is 0.239 e. The number of carbonyl (C=O) groups excluding carboxylic acids is 1.